The summed E-state index contributed by atoms with van der Waals surface area (Å²) in [5.41, 5.74) is 2.01. The van der Waals surface area contributed by atoms with E-state index in [0.29, 0.717) is 32.6 Å². The van der Waals surface area contributed by atoms with Gasteiger partial charge >= 0.3 is 0 Å². The van der Waals surface area contributed by atoms with Crippen molar-refractivity contribution in [2.75, 3.05) is 12.4 Å². The van der Waals surface area contributed by atoms with Gasteiger partial charge < -0.3 is 15.0 Å². The molecule has 0 bridgehead atoms. The molecule has 0 atom stereocenters. The van der Waals surface area contributed by atoms with Crippen molar-refractivity contribution in [3.63, 3.8) is 0 Å². The number of benzene rings is 2. The van der Waals surface area contributed by atoms with Gasteiger partial charge in [-0.1, -0.05) is 53.4 Å². The van der Waals surface area contributed by atoms with Crippen LogP contribution in [0.3, 0.4) is 0 Å². The van der Waals surface area contributed by atoms with Gasteiger partial charge in [0.25, 0.3) is 5.56 Å². The second-order valence-corrected chi connectivity index (χ2v) is 9.31. The molecule has 4 rings (SSSR count). The minimum Gasteiger partial charge on any atom is -0.494 e. The van der Waals surface area contributed by atoms with Crippen LogP contribution in [0, 0.1) is 3.95 Å². The number of aromatic nitrogens is 3. The van der Waals surface area contributed by atoms with Crippen LogP contribution < -0.4 is 15.6 Å². The van der Waals surface area contributed by atoms with E-state index < -0.39 is 0 Å². The largest absolute Gasteiger partial charge is 0.494 e. The van der Waals surface area contributed by atoms with Crippen LogP contribution in [0.25, 0.3) is 16.0 Å². The van der Waals surface area contributed by atoms with E-state index in [0.717, 1.165) is 17.0 Å². The smallest absolute Gasteiger partial charge is 0.271 e. The highest BCUT2D eigenvalue weighted by molar-refractivity contribution is 7.99. The predicted molar refractivity (Wildman–Crippen MR) is 131 cm³/mol. The van der Waals surface area contributed by atoms with Gasteiger partial charge in [0.2, 0.25) is 5.91 Å². The Morgan fingerprint density at radius 3 is 2.69 bits per heavy atom. The highest BCUT2D eigenvalue weighted by Gasteiger charge is 2.15. The highest BCUT2D eigenvalue weighted by atomic mass is 32.2. The predicted octanol–water partition coefficient (Wildman–Crippen LogP) is 4.31. The highest BCUT2D eigenvalue weighted by Crippen LogP contribution is 2.25. The lowest BCUT2D eigenvalue weighted by Gasteiger charge is -2.08. The van der Waals surface area contributed by atoms with E-state index in [9.17, 15) is 9.59 Å². The zero-order chi connectivity index (χ0) is 22.5. The average Bonchev–Trinajstić information content (AvgIpc) is 3.14. The van der Waals surface area contributed by atoms with Crippen molar-refractivity contribution in [3.8, 4) is 11.4 Å². The number of H-pyrrole nitrogens is 1. The molecular weight excluding hydrogens is 464 g/mol. The molecule has 0 aliphatic rings. The van der Waals surface area contributed by atoms with E-state index in [-0.39, 0.29) is 17.2 Å². The van der Waals surface area contributed by atoms with E-state index in [1.165, 1.54) is 23.1 Å². The maximum atomic E-state index is 12.6. The fourth-order valence-electron chi connectivity index (χ4n) is 3.03. The lowest BCUT2D eigenvalue weighted by molar-refractivity contribution is -0.118. The number of fused-ring (bicyclic) bond motifs is 1. The number of thiazole rings is 1. The third kappa shape index (κ3) is 5.09. The Hall–Kier alpha value is -2.95. The summed E-state index contributed by atoms with van der Waals surface area (Å²) in [6.45, 7) is 2.95. The first-order valence-corrected chi connectivity index (χ1v) is 12.1. The summed E-state index contributed by atoms with van der Waals surface area (Å²) < 4.78 is 8.22. The van der Waals surface area contributed by atoms with Crippen LogP contribution >= 0.6 is 35.3 Å². The number of hydrogen-bond donors (Lipinski definition) is 2. The number of carbonyl (C=O) groups is 1. The van der Waals surface area contributed by atoms with Gasteiger partial charge in [0.15, 0.2) is 14.8 Å². The molecule has 2 aromatic heterocycles. The minimum absolute atomic E-state index is 0.134. The fourth-order valence-corrected chi connectivity index (χ4v) is 4.99. The van der Waals surface area contributed by atoms with Gasteiger partial charge in [0.05, 0.1) is 12.4 Å². The van der Waals surface area contributed by atoms with Gasteiger partial charge in [-0.25, -0.2) is 4.98 Å². The molecule has 2 N–H and O–H groups in total. The molecule has 2 aromatic carbocycles. The van der Waals surface area contributed by atoms with Crippen molar-refractivity contribution in [3.05, 3.63) is 74.5 Å². The summed E-state index contributed by atoms with van der Waals surface area (Å²) >= 11 is 7.87. The quantitative estimate of drug-likeness (QED) is 0.220. The number of aromatic amines is 1. The first-order valence-electron chi connectivity index (χ1n) is 9.87. The Morgan fingerprint density at radius 2 is 1.97 bits per heavy atom. The molecular formula is C22H20N4O3S3. The molecule has 0 unspecified atom stereocenters. The van der Waals surface area contributed by atoms with Gasteiger partial charge in [0, 0.05) is 12.2 Å². The molecule has 10 heteroatoms. The lowest BCUT2D eigenvalue weighted by atomic mass is 10.2. The Morgan fingerprint density at radius 1 is 1.22 bits per heavy atom. The number of ether oxygens (including phenoxy) is 1. The summed E-state index contributed by atoms with van der Waals surface area (Å²) in [6.07, 6.45) is 0. The Kier molecular flexibility index (Phi) is 7.03. The summed E-state index contributed by atoms with van der Waals surface area (Å²) in [5.74, 6) is 0.746. The number of carbonyl (C=O) groups excluding carboxylic acids is 1. The van der Waals surface area contributed by atoms with Crippen molar-refractivity contribution in [1.82, 2.24) is 19.9 Å². The fraction of sp³-hybridized carbons (Fsp3) is 0.182. The van der Waals surface area contributed by atoms with E-state index in [2.05, 4.69) is 15.3 Å². The maximum absolute atomic E-state index is 12.6. The van der Waals surface area contributed by atoms with E-state index in [4.69, 9.17) is 17.0 Å². The lowest BCUT2D eigenvalue weighted by Crippen LogP contribution is -2.24. The van der Waals surface area contributed by atoms with Crippen LogP contribution in [0.2, 0.25) is 0 Å². The first-order chi connectivity index (χ1) is 15.5. The third-order valence-electron chi connectivity index (χ3n) is 4.50. The molecule has 0 fully saturated rings. The zero-order valence-corrected chi connectivity index (χ0v) is 19.6. The molecule has 2 heterocycles. The van der Waals surface area contributed by atoms with Crippen LogP contribution in [0.15, 0.2) is 64.5 Å². The van der Waals surface area contributed by atoms with Crippen molar-refractivity contribution in [1.29, 1.82) is 0 Å². The second kappa shape index (κ2) is 10.1. The molecule has 0 spiro atoms. The van der Waals surface area contributed by atoms with E-state index in [1.807, 2.05) is 61.5 Å². The van der Waals surface area contributed by atoms with E-state index in [1.54, 1.807) is 4.57 Å². The molecule has 0 aliphatic carbocycles. The van der Waals surface area contributed by atoms with Crippen molar-refractivity contribution in [2.24, 2.45) is 0 Å². The SMILES string of the molecule is CCOc1ccc(-n2c(=S)sc3c(=O)[nH]c(SCC(=O)NCc4ccccc4)nc32)cc1. The molecule has 1 amide bonds. The average molecular weight is 485 g/mol. The Labute approximate surface area is 197 Å². The maximum Gasteiger partial charge on any atom is 0.271 e. The summed E-state index contributed by atoms with van der Waals surface area (Å²) in [6, 6.07) is 17.1. The minimum atomic E-state index is -0.275. The number of nitrogens with zero attached hydrogens (tertiary/aromatic N) is 2. The molecule has 0 saturated carbocycles. The van der Waals surface area contributed by atoms with Crippen molar-refractivity contribution < 1.29 is 9.53 Å². The van der Waals surface area contributed by atoms with Gasteiger partial charge in [-0.05, 0) is 49.0 Å². The van der Waals surface area contributed by atoms with Gasteiger partial charge in [-0.2, -0.15) is 0 Å². The molecule has 0 saturated heterocycles. The second-order valence-electron chi connectivity index (χ2n) is 6.71. The summed E-state index contributed by atoms with van der Waals surface area (Å²) in [5, 5.41) is 3.23. The van der Waals surface area contributed by atoms with Crippen LogP contribution in [0.5, 0.6) is 5.75 Å². The number of hydrogen-bond acceptors (Lipinski definition) is 7. The van der Waals surface area contributed by atoms with E-state index >= 15 is 0 Å². The van der Waals surface area contributed by atoms with Gasteiger partial charge in [-0.3, -0.25) is 14.2 Å². The molecule has 164 valence electrons. The zero-order valence-electron chi connectivity index (χ0n) is 17.2. The topological polar surface area (TPSA) is 89.0 Å². The Bertz CT molecular complexity index is 1350. The van der Waals surface area contributed by atoms with Crippen LogP contribution in [0.1, 0.15) is 12.5 Å². The molecule has 0 aliphatic heterocycles. The van der Waals surface area contributed by atoms with Crippen molar-refractivity contribution in [2.45, 2.75) is 18.6 Å². The van der Waals surface area contributed by atoms with Crippen LogP contribution in [-0.4, -0.2) is 32.8 Å². The summed E-state index contributed by atoms with van der Waals surface area (Å²) in [7, 11) is 0. The number of thioether (sulfide) groups is 1. The van der Waals surface area contributed by atoms with Gasteiger partial charge in [0.1, 0.15) is 10.4 Å². The molecule has 0 radical (unpaired) electrons. The van der Waals surface area contributed by atoms with Gasteiger partial charge in [-0.15, -0.1) is 0 Å². The number of rotatable bonds is 8. The summed E-state index contributed by atoms with van der Waals surface area (Å²) in [4.78, 5) is 32.2. The van der Waals surface area contributed by atoms with Crippen molar-refractivity contribution >= 4 is 51.6 Å². The monoisotopic (exact) mass is 484 g/mol. The first kappa shape index (κ1) is 22.3. The van der Waals surface area contributed by atoms with Crippen LogP contribution in [0.4, 0.5) is 0 Å². The molecule has 7 nitrogen and oxygen atoms in total. The number of nitrogens with one attached hydrogen (secondary N) is 2. The third-order valence-corrected chi connectivity index (χ3v) is 6.73. The number of amides is 1. The normalized spacial score (nSPS) is 10.9. The molecule has 4 aromatic rings. The standard InChI is InChI=1S/C22H20N4O3S3/c1-2-29-16-10-8-15(9-11-16)26-19-18(32-22(26)30)20(28)25-21(24-19)31-13-17(27)23-12-14-6-4-3-5-7-14/h3-11H,2,12-13H2,1H3,(H,23,27)(H,24,25,28). The Balaban J connectivity index is 1.53. The van der Waals surface area contributed by atoms with Crippen LogP contribution in [-0.2, 0) is 11.3 Å². The molecule has 32 heavy (non-hydrogen) atoms.